The molecule has 2 rings (SSSR count). The zero-order chi connectivity index (χ0) is 12.3. The van der Waals surface area contributed by atoms with Crippen LogP contribution in [0.5, 0.6) is 0 Å². The molecule has 0 aliphatic carbocycles. The number of β-amino-alcohol motifs (C(OH)–C–C–N with tert-alkyl or cyclic N) is 1. The number of hydrogen-bond acceptors (Lipinski definition) is 4. The molecule has 2 saturated heterocycles. The number of carbonyl (C=O) groups excluding carboxylic acids is 2. The smallest absolute Gasteiger partial charge is 0.239 e. The number of amides is 2. The van der Waals surface area contributed by atoms with Crippen LogP contribution in [0, 0.1) is 0 Å². The van der Waals surface area contributed by atoms with Gasteiger partial charge in [0.2, 0.25) is 11.8 Å². The summed E-state index contributed by atoms with van der Waals surface area (Å²) in [4.78, 5) is 26.6. The molecular formula is C11H19N3O3. The van der Waals surface area contributed by atoms with E-state index in [0.717, 1.165) is 19.4 Å². The highest BCUT2D eigenvalue weighted by atomic mass is 16.3. The first-order valence-electron chi connectivity index (χ1n) is 6.10. The van der Waals surface area contributed by atoms with Crippen LogP contribution < -0.4 is 5.32 Å². The van der Waals surface area contributed by atoms with Gasteiger partial charge in [0.15, 0.2) is 0 Å². The number of piperidine rings is 1. The van der Waals surface area contributed by atoms with Crippen LogP contribution >= 0.6 is 0 Å². The lowest BCUT2D eigenvalue weighted by Gasteiger charge is -2.32. The number of likely N-dealkylation sites (tertiary alicyclic amines) is 1. The van der Waals surface area contributed by atoms with E-state index in [4.69, 9.17) is 0 Å². The van der Waals surface area contributed by atoms with E-state index in [9.17, 15) is 14.7 Å². The molecule has 0 aromatic carbocycles. The molecule has 1 atom stereocenters. The molecule has 2 heterocycles. The SMILES string of the molecule is O=C1CN(C(=O)CN2CCCC(O)C2)CCN1. The van der Waals surface area contributed by atoms with Crippen LogP contribution in [-0.2, 0) is 9.59 Å². The van der Waals surface area contributed by atoms with E-state index in [1.807, 2.05) is 4.90 Å². The molecule has 1 unspecified atom stereocenters. The summed E-state index contributed by atoms with van der Waals surface area (Å²) >= 11 is 0. The van der Waals surface area contributed by atoms with Gasteiger partial charge in [-0.15, -0.1) is 0 Å². The second-order valence-corrected chi connectivity index (χ2v) is 4.70. The van der Waals surface area contributed by atoms with Crippen molar-refractivity contribution in [3.63, 3.8) is 0 Å². The van der Waals surface area contributed by atoms with Gasteiger partial charge in [0, 0.05) is 19.6 Å². The van der Waals surface area contributed by atoms with Crippen LogP contribution in [0.25, 0.3) is 0 Å². The molecule has 0 aromatic heterocycles. The molecule has 0 radical (unpaired) electrons. The Hall–Kier alpha value is -1.14. The van der Waals surface area contributed by atoms with Crippen molar-refractivity contribution in [2.24, 2.45) is 0 Å². The lowest BCUT2D eigenvalue weighted by molar-refractivity contribution is -0.139. The second kappa shape index (κ2) is 5.46. The van der Waals surface area contributed by atoms with Crippen LogP contribution in [0.4, 0.5) is 0 Å². The fourth-order valence-corrected chi connectivity index (χ4v) is 2.32. The molecule has 2 aliphatic heterocycles. The van der Waals surface area contributed by atoms with Crippen molar-refractivity contribution < 1.29 is 14.7 Å². The Bertz CT molecular complexity index is 308. The number of nitrogens with one attached hydrogen (secondary N) is 1. The zero-order valence-electron chi connectivity index (χ0n) is 9.89. The second-order valence-electron chi connectivity index (χ2n) is 4.70. The lowest BCUT2D eigenvalue weighted by atomic mass is 10.1. The highest BCUT2D eigenvalue weighted by Gasteiger charge is 2.25. The van der Waals surface area contributed by atoms with Gasteiger partial charge in [-0.2, -0.15) is 0 Å². The summed E-state index contributed by atoms with van der Waals surface area (Å²) in [6, 6.07) is 0. The third-order valence-electron chi connectivity index (χ3n) is 3.23. The van der Waals surface area contributed by atoms with Crippen LogP contribution in [0.1, 0.15) is 12.8 Å². The molecule has 6 nitrogen and oxygen atoms in total. The van der Waals surface area contributed by atoms with Crippen molar-refractivity contribution in [2.45, 2.75) is 18.9 Å². The maximum Gasteiger partial charge on any atom is 0.239 e. The Kier molecular flexibility index (Phi) is 3.96. The normalized spacial score (nSPS) is 26.8. The maximum atomic E-state index is 11.9. The van der Waals surface area contributed by atoms with E-state index in [1.54, 1.807) is 4.90 Å². The first-order chi connectivity index (χ1) is 8.15. The fraction of sp³-hybridized carbons (Fsp3) is 0.818. The molecule has 2 amide bonds. The van der Waals surface area contributed by atoms with Gasteiger partial charge in [-0.25, -0.2) is 0 Å². The summed E-state index contributed by atoms with van der Waals surface area (Å²) in [6.07, 6.45) is 1.42. The highest BCUT2D eigenvalue weighted by Crippen LogP contribution is 2.09. The molecule has 6 heteroatoms. The average molecular weight is 241 g/mol. The van der Waals surface area contributed by atoms with Gasteiger partial charge < -0.3 is 15.3 Å². The molecule has 17 heavy (non-hydrogen) atoms. The summed E-state index contributed by atoms with van der Waals surface area (Å²) in [7, 11) is 0. The largest absolute Gasteiger partial charge is 0.392 e. The van der Waals surface area contributed by atoms with E-state index in [0.29, 0.717) is 26.2 Å². The van der Waals surface area contributed by atoms with Crippen molar-refractivity contribution >= 4 is 11.8 Å². The van der Waals surface area contributed by atoms with Crippen molar-refractivity contribution in [3.05, 3.63) is 0 Å². The van der Waals surface area contributed by atoms with Crippen molar-refractivity contribution in [1.82, 2.24) is 15.1 Å². The van der Waals surface area contributed by atoms with Crippen LogP contribution in [0.2, 0.25) is 0 Å². The number of rotatable bonds is 2. The van der Waals surface area contributed by atoms with Crippen LogP contribution in [-0.4, -0.2) is 72.1 Å². The summed E-state index contributed by atoms with van der Waals surface area (Å²) in [5, 5.41) is 12.2. The molecule has 2 N–H and O–H groups in total. The number of aliphatic hydroxyl groups excluding tert-OH is 1. The van der Waals surface area contributed by atoms with E-state index in [1.165, 1.54) is 0 Å². The minimum atomic E-state index is -0.318. The molecular weight excluding hydrogens is 222 g/mol. The Morgan fingerprint density at radius 3 is 3.00 bits per heavy atom. The van der Waals surface area contributed by atoms with E-state index in [2.05, 4.69) is 5.32 Å². The molecule has 0 spiro atoms. The summed E-state index contributed by atoms with van der Waals surface area (Å²) in [5.41, 5.74) is 0. The average Bonchev–Trinajstić information content (AvgIpc) is 2.29. The topological polar surface area (TPSA) is 72.9 Å². The molecule has 96 valence electrons. The number of piperazine rings is 1. The summed E-state index contributed by atoms with van der Waals surface area (Å²) < 4.78 is 0. The van der Waals surface area contributed by atoms with Crippen molar-refractivity contribution in [2.75, 3.05) is 39.3 Å². The van der Waals surface area contributed by atoms with E-state index in [-0.39, 0.29) is 24.5 Å². The number of aliphatic hydroxyl groups is 1. The number of carbonyl (C=O) groups is 2. The molecule has 2 fully saturated rings. The van der Waals surface area contributed by atoms with Gasteiger partial charge in [0.25, 0.3) is 0 Å². The first kappa shape index (κ1) is 12.3. The third-order valence-corrected chi connectivity index (χ3v) is 3.23. The summed E-state index contributed by atoms with van der Waals surface area (Å²) in [6.45, 7) is 3.00. The van der Waals surface area contributed by atoms with Crippen molar-refractivity contribution in [3.8, 4) is 0 Å². The van der Waals surface area contributed by atoms with Gasteiger partial charge in [-0.1, -0.05) is 0 Å². The quantitative estimate of drug-likeness (QED) is 0.611. The van der Waals surface area contributed by atoms with E-state index >= 15 is 0 Å². The Balaban J connectivity index is 1.81. The maximum absolute atomic E-state index is 11.9. The molecule has 2 aliphatic rings. The third kappa shape index (κ3) is 3.41. The minimum absolute atomic E-state index is 0.0195. The zero-order valence-corrected chi connectivity index (χ0v) is 9.89. The van der Waals surface area contributed by atoms with Gasteiger partial charge in [-0.05, 0) is 19.4 Å². The fourth-order valence-electron chi connectivity index (χ4n) is 2.32. The van der Waals surface area contributed by atoms with Crippen molar-refractivity contribution in [1.29, 1.82) is 0 Å². The predicted molar refractivity (Wildman–Crippen MR) is 61.3 cm³/mol. The Morgan fingerprint density at radius 1 is 1.47 bits per heavy atom. The van der Waals surface area contributed by atoms with Gasteiger partial charge in [0.1, 0.15) is 0 Å². The molecule has 0 aromatic rings. The minimum Gasteiger partial charge on any atom is -0.392 e. The Morgan fingerprint density at radius 2 is 2.29 bits per heavy atom. The monoisotopic (exact) mass is 241 g/mol. The van der Waals surface area contributed by atoms with Crippen LogP contribution in [0.15, 0.2) is 0 Å². The van der Waals surface area contributed by atoms with Gasteiger partial charge in [0.05, 0.1) is 19.2 Å². The number of hydrogen-bond donors (Lipinski definition) is 2. The number of nitrogens with zero attached hydrogens (tertiary/aromatic N) is 2. The molecule has 0 saturated carbocycles. The summed E-state index contributed by atoms with van der Waals surface area (Å²) in [5.74, 6) is -0.114. The van der Waals surface area contributed by atoms with Gasteiger partial charge in [-0.3, -0.25) is 14.5 Å². The van der Waals surface area contributed by atoms with E-state index < -0.39 is 0 Å². The van der Waals surface area contributed by atoms with Gasteiger partial charge >= 0.3 is 0 Å². The lowest BCUT2D eigenvalue weighted by Crippen LogP contribution is -2.53. The predicted octanol–water partition coefficient (Wildman–Crippen LogP) is -1.60. The highest BCUT2D eigenvalue weighted by molar-refractivity contribution is 5.86. The Labute approximate surface area is 101 Å². The first-order valence-corrected chi connectivity index (χ1v) is 6.10. The van der Waals surface area contributed by atoms with Crippen LogP contribution in [0.3, 0.4) is 0 Å². The standard InChI is InChI=1S/C11H19N3O3/c15-9-2-1-4-13(6-9)8-11(17)14-5-3-12-10(16)7-14/h9,15H,1-8H2,(H,12,16). The molecule has 0 bridgehead atoms.